The molecule has 0 saturated heterocycles. The van der Waals surface area contributed by atoms with E-state index in [1.54, 1.807) is 0 Å². The van der Waals surface area contributed by atoms with Crippen LogP contribution in [-0.2, 0) is 4.79 Å². The van der Waals surface area contributed by atoms with Gasteiger partial charge in [-0.2, -0.15) is 0 Å². The molecule has 1 amide bonds. The van der Waals surface area contributed by atoms with Crippen molar-refractivity contribution in [3.63, 3.8) is 0 Å². The van der Waals surface area contributed by atoms with Gasteiger partial charge in [-0.3, -0.25) is 9.69 Å². The maximum atomic E-state index is 13.5. The van der Waals surface area contributed by atoms with Gasteiger partial charge in [0.2, 0.25) is 0 Å². The Balaban J connectivity index is 1.63. The Labute approximate surface area is 190 Å². The molecule has 3 aromatic rings. The highest BCUT2D eigenvalue weighted by Gasteiger charge is 2.34. The first kappa shape index (κ1) is 21.7. The van der Waals surface area contributed by atoms with E-state index in [1.165, 1.54) is 5.56 Å². The van der Waals surface area contributed by atoms with Crippen molar-refractivity contribution in [2.75, 3.05) is 16.8 Å². The topological polar surface area (TPSA) is 41.6 Å². The molecule has 1 heterocycles. The van der Waals surface area contributed by atoms with E-state index < -0.39 is 0 Å². The highest BCUT2D eigenvalue weighted by atomic mass is 16.5. The predicted octanol–water partition coefficient (Wildman–Crippen LogP) is 6.57. The fraction of sp³-hybridized carbons (Fsp3) is 0.250. The molecule has 3 aromatic carbocycles. The molecule has 0 spiro atoms. The van der Waals surface area contributed by atoms with Crippen LogP contribution in [0.1, 0.15) is 42.5 Å². The predicted molar refractivity (Wildman–Crippen MR) is 131 cm³/mol. The number of unbranched alkanes of at least 4 members (excludes halogenated alkanes) is 1. The smallest absolute Gasteiger partial charge is 0.275 e. The van der Waals surface area contributed by atoms with Gasteiger partial charge < -0.3 is 10.1 Å². The number of ether oxygens (including phenoxy) is 1. The molecular formula is C28H30N2O2. The lowest BCUT2D eigenvalue weighted by Crippen LogP contribution is -2.30. The van der Waals surface area contributed by atoms with Crippen molar-refractivity contribution in [3.8, 4) is 5.75 Å². The maximum Gasteiger partial charge on any atom is 0.275 e. The number of nitrogens with one attached hydrogen (secondary N) is 1. The summed E-state index contributed by atoms with van der Waals surface area (Å²) in [4.78, 5) is 15.3. The monoisotopic (exact) mass is 426 g/mol. The van der Waals surface area contributed by atoms with E-state index in [1.807, 2.05) is 90.7 Å². The fourth-order valence-electron chi connectivity index (χ4n) is 3.77. The lowest BCUT2D eigenvalue weighted by Gasteiger charge is -2.25. The van der Waals surface area contributed by atoms with Gasteiger partial charge in [-0.25, -0.2) is 0 Å². The number of hydrogen-bond donors (Lipinski definition) is 1. The summed E-state index contributed by atoms with van der Waals surface area (Å²) in [5.41, 5.74) is 5.76. The number of nitrogens with zero attached hydrogens (tertiary/aromatic N) is 1. The first-order chi connectivity index (χ1) is 15.5. The molecule has 1 N–H and O–H groups in total. The van der Waals surface area contributed by atoms with Crippen LogP contribution in [-0.4, -0.2) is 12.5 Å². The van der Waals surface area contributed by atoms with Crippen molar-refractivity contribution in [2.24, 2.45) is 0 Å². The fourth-order valence-corrected chi connectivity index (χ4v) is 3.77. The number of benzene rings is 3. The Kier molecular flexibility index (Phi) is 6.60. The molecule has 4 nitrogen and oxygen atoms in total. The summed E-state index contributed by atoms with van der Waals surface area (Å²) in [5.74, 6) is 0.818. The summed E-state index contributed by atoms with van der Waals surface area (Å²) >= 11 is 0. The molecule has 1 aliphatic heterocycles. The summed E-state index contributed by atoms with van der Waals surface area (Å²) < 4.78 is 5.81. The first-order valence-corrected chi connectivity index (χ1v) is 11.2. The largest absolute Gasteiger partial charge is 0.494 e. The Bertz CT molecular complexity index is 1080. The molecule has 1 aliphatic rings. The third-order valence-corrected chi connectivity index (χ3v) is 5.68. The van der Waals surface area contributed by atoms with Crippen LogP contribution in [0.15, 0.2) is 84.6 Å². The Hall–Kier alpha value is -3.53. The van der Waals surface area contributed by atoms with Gasteiger partial charge in [0.15, 0.2) is 0 Å². The number of anilines is 2. The molecule has 1 atom stereocenters. The summed E-state index contributed by atoms with van der Waals surface area (Å²) in [6.07, 6.45) is 4.15. The van der Waals surface area contributed by atoms with Crippen LogP contribution in [0.5, 0.6) is 5.75 Å². The Morgan fingerprint density at radius 2 is 1.50 bits per heavy atom. The average molecular weight is 427 g/mol. The maximum absolute atomic E-state index is 13.5. The van der Waals surface area contributed by atoms with Gasteiger partial charge in [0.05, 0.1) is 12.6 Å². The summed E-state index contributed by atoms with van der Waals surface area (Å²) in [5, 5.41) is 3.32. The summed E-state index contributed by atoms with van der Waals surface area (Å²) in [6.45, 7) is 6.97. The number of hydrogen-bond acceptors (Lipinski definition) is 3. The Morgan fingerprint density at radius 3 is 2.12 bits per heavy atom. The van der Waals surface area contributed by atoms with Gasteiger partial charge in [-0.15, -0.1) is 0 Å². The van der Waals surface area contributed by atoms with Crippen molar-refractivity contribution < 1.29 is 9.53 Å². The first-order valence-electron chi connectivity index (χ1n) is 11.2. The van der Waals surface area contributed by atoms with E-state index >= 15 is 0 Å². The molecule has 0 fully saturated rings. The third-order valence-electron chi connectivity index (χ3n) is 5.68. The molecule has 0 aliphatic carbocycles. The van der Waals surface area contributed by atoms with Gasteiger partial charge in [0.25, 0.3) is 5.91 Å². The van der Waals surface area contributed by atoms with E-state index in [0.29, 0.717) is 5.70 Å². The number of carbonyl (C=O) groups excluding carboxylic acids is 1. The van der Waals surface area contributed by atoms with Gasteiger partial charge in [-0.1, -0.05) is 60.9 Å². The summed E-state index contributed by atoms with van der Waals surface area (Å²) in [7, 11) is 0. The minimum absolute atomic E-state index is 0.0392. The molecule has 32 heavy (non-hydrogen) atoms. The molecule has 0 saturated carbocycles. The zero-order chi connectivity index (χ0) is 22.5. The van der Waals surface area contributed by atoms with Gasteiger partial charge >= 0.3 is 0 Å². The zero-order valence-corrected chi connectivity index (χ0v) is 19.0. The second-order valence-corrected chi connectivity index (χ2v) is 8.30. The standard InChI is InChI=1S/C28H30N2O2/c1-4-5-18-32-25-16-10-22(11-17-25)27-19-26(29-23-12-6-20(2)7-13-23)28(31)30(27)24-14-8-21(3)9-15-24/h6-17,19,27,29H,4-5,18H2,1-3H3/t27-/m0/s1. The molecule has 4 heteroatoms. The van der Waals surface area contributed by atoms with E-state index in [9.17, 15) is 4.79 Å². The highest BCUT2D eigenvalue weighted by Crippen LogP contribution is 2.36. The number of amides is 1. The van der Waals surface area contributed by atoms with Crippen LogP contribution in [0.3, 0.4) is 0 Å². The molecule has 0 bridgehead atoms. The van der Waals surface area contributed by atoms with E-state index in [4.69, 9.17) is 4.74 Å². The van der Waals surface area contributed by atoms with Crippen LogP contribution < -0.4 is 15.0 Å². The van der Waals surface area contributed by atoms with Gasteiger partial charge in [0.1, 0.15) is 11.4 Å². The van der Waals surface area contributed by atoms with Crippen LogP contribution in [0.2, 0.25) is 0 Å². The van der Waals surface area contributed by atoms with Crippen molar-refractivity contribution >= 4 is 17.3 Å². The minimum atomic E-state index is -0.192. The second-order valence-electron chi connectivity index (χ2n) is 8.30. The van der Waals surface area contributed by atoms with E-state index in [0.717, 1.165) is 47.7 Å². The van der Waals surface area contributed by atoms with Crippen LogP contribution >= 0.6 is 0 Å². The average Bonchev–Trinajstić information content (AvgIpc) is 3.12. The normalized spacial score (nSPS) is 15.6. The lowest BCUT2D eigenvalue weighted by molar-refractivity contribution is -0.114. The van der Waals surface area contributed by atoms with Gasteiger partial charge in [0, 0.05) is 11.4 Å². The van der Waals surface area contributed by atoms with Crippen LogP contribution in [0, 0.1) is 13.8 Å². The molecular weight excluding hydrogens is 396 g/mol. The highest BCUT2D eigenvalue weighted by molar-refractivity contribution is 6.11. The van der Waals surface area contributed by atoms with Gasteiger partial charge in [-0.05, 0) is 68.3 Å². The molecule has 0 unspecified atom stereocenters. The molecule has 0 aromatic heterocycles. The third kappa shape index (κ3) is 4.86. The van der Waals surface area contributed by atoms with E-state index in [-0.39, 0.29) is 11.9 Å². The molecule has 164 valence electrons. The molecule has 0 radical (unpaired) electrons. The Morgan fingerprint density at radius 1 is 0.875 bits per heavy atom. The van der Waals surface area contributed by atoms with Crippen molar-refractivity contribution in [1.82, 2.24) is 0 Å². The number of rotatable bonds is 8. The quantitative estimate of drug-likeness (QED) is 0.414. The van der Waals surface area contributed by atoms with Crippen LogP contribution in [0.25, 0.3) is 0 Å². The second kappa shape index (κ2) is 9.73. The van der Waals surface area contributed by atoms with E-state index in [2.05, 4.69) is 19.2 Å². The van der Waals surface area contributed by atoms with Crippen molar-refractivity contribution in [2.45, 2.75) is 39.7 Å². The SMILES string of the molecule is CCCCOc1ccc([C@@H]2C=C(Nc3ccc(C)cc3)C(=O)N2c2ccc(C)cc2)cc1. The summed E-state index contributed by atoms with van der Waals surface area (Å²) in [6, 6.07) is 24.0. The zero-order valence-electron chi connectivity index (χ0n) is 19.0. The van der Waals surface area contributed by atoms with Crippen molar-refractivity contribution in [1.29, 1.82) is 0 Å². The molecule has 4 rings (SSSR count). The van der Waals surface area contributed by atoms with Crippen LogP contribution in [0.4, 0.5) is 11.4 Å². The lowest BCUT2D eigenvalue weighted by atomic mass is 10.1. The minimum Gasteiger partial charge on any atom is -0.494 e. The number of aryl methyl sites for hydroxylation is 2. The number of carbonyl (C=O) groups is 1. The van der Waals surface area contributed by atoms with Crippen molar-refractivity contribution in [3.05, 3.63) is 101 Å².